The first-order valence-corrected chi connectivity index (χ1v) is 10.5. The normalized spacial score (nSPS) is 12.5. The van der Waals surface area contributed by atoms with Crippen LogP contribution < -0.4 is 4.74 Å². The van der Waals surface area contributed by atoms with Crippen LogP contribution in [0.3, 0.4) is 0 Å². The van der Waals surface area contributed by atoms with Gasteiger partial charge < -0.3 is 24.5 Å². The molecule has 0 aliphatic rings. The lowest BCUT2D eigenvalue weighted by molar-refractivity contribution is -0.0374. The molecule has 2 aromatic carbocycles. The van der Waals surface area contributed by atoms with Gasteiger partial charge in [0.1, 0.15) is 5.76 Å². The Hall–Kier alpha value is -3.32. The first-order chi connectivity index (χ1) is 15.3. The van der Waals surface area contributed by atoms with Gasteiger partial charge in [-0.3, -0.25) is 0 Å². The van der Waals surface area contributed by atoms with Crippen molar-refractivity contribution in [3.05, 3.63) is 83.8 Å². The number of allylic oxidation sites excluding steroid dienone is 3. The van der Waals surface area contributed by atoms with Crippen molar-refractivity contribution in [2.75, 3.05) is 0 Å². The van der Waals surface area contributed by atoms with Crippen LogP contribution in [0.1, 0.15) is 13.3 Å². The van der Waals surface area contributed by atoms with E-state index in [0.29, 0.717) is 22.4 Å². The lowest BCUT2D eigenvalue weighted by atomic mass is 10.0. The minimum absolute atomic E-state index is 0.0637. The monoisotopic (exact) mass is 449 g/mol. The second-order valence-electron chi connectivity index (χ2n) is 7.56. The second-order valence-corrected chi connectivity index (χ2v) is 7.97. The summed E-state index contributed by atoms with van der Waals surface area (Å²) >= 11 is 6.60. The third kappa shape index (κ3) is 4.62. The summed E-state index contributed by atoms with van der Waals surface area (Å²) in [6.07, 6.45) is 5.82. The highest BCUT2D eigenvalue weighted by Crippen LogP contribution is 2.34. The highest BCUT2D eigenvalue weighted by Gasteiger charge is 2.12. The fourth-order valence-electron chi connectivity index (χ4n) is 3.53. The number of rotatable bonds is 7. The number of imidazole rings is 1. The summed E-state index contributed by atoms with van der Waals surface area (Å²) in [7, 11) is 2.02. The van der Waals surface area contributed by atoms with E-state index in [4.69, 9.17) is 26.6 Å². The van der Waals surface area contributed by atoms with Gasteiger partial charge in [-0.15, -0.1) is 0 Å². The molecule has 0 amide bonds. The van der Waals surface area contributed by atoms with Crippen molar-refractivity contribution in [3.63, 3.8) is 0 Å². The van der Waals surface area contributed by atoms with E-state index in [2.05, 4.69) is 45.4 Å². The van der Waals surface area contributed by atoms with Crippen molar-refractivity contribution in [2.45, 2.75) is 19.6 Å². The number of halogens is 1. The molecule has 32 heavy (non-hydrogen) atoms. The smallest absolute Gasteiger partial charge is 0.300 e. The summed E-state index contributed by atoms with van der Waals surface area (Å²) in [4.78, 5) is 7.69. The van der Waals surface area contributed by atoms with Gasteiger partial charge in [0.25, 0.3) is 6.01 Å². The van der Waals surface area contributed by atoms with E-state index in [1.807, 2.05) is 32.3 Å². The summed E-state index contributed by atoms with van der Waals surface area (Å²) in [6.45, 7) is 5.62. The largest absolute Gasteiger partial charge is 0.426 e. The molecule has 4 aromatic rings. The number of H-pyrrole nitrogens is 1. The molecule has 0 fully saturated rings. The zero-order valence-electron chi connectivity index (χ0n) is 17.8. The highest BCUT2D eigenvalue weighted by molar-refractivity contribution is 6.34. The quantitative estimate of drug-likeness (QED) is 0.198. The number of nitrogens with one attached hydrogen (secondary N) is 1. The first kappa shape index (κ1) is 21.9. The Morgan fingerprint density at radius 1 is 1.25 bits per heavy atom. The van der Waals surface area contributed by atoms with Gasteiger partial charge in [-0.25, -0.2) is 0 Å². The van der Waals surface area contributed by atoms with Gasteiger partial charge >= 0.3 is 0 Å². The maximum Gasteiger partial charge on any atom is 0.300 e. The van der Waals surface area contributed by atoms with E-state index in [-0.39, 0.29) is 6.42 Å². The zero-order valence-corrected chi connectivity index (χ0v) is 18.6. The average molecular weight is 450 g/mol. The van der Waals surface area contributed by atoms with Crippen LogP contribution in [0, 0.1) is 0 Å². The average Bonchev–Trinajstić information content (AvgIpc) is 3.31. The fourth-order valence-corrected chi connectivity index (χ4v) is 3.80. The summed E-state index contributed by atoms with van der Waals surface area (Å²) in [5.41, 5.74) is 5.14. The minimum atomic E-state index is -1.43. The summed E-state index contributed by atoms with van der Waals surface area (Å²) in [5.74, 6) is 0.540. The van der Waals surface area contributed by atoms with Crippen molar-refractivity contribution >= 4 is 33.5 Å². The van der Waals surface area contributed by atoms with Crippen LogP contribution in [-0.4, -0.2) is 31.0 Å². The molecule has 0 saturated heterocycles. The molecule has 0 radical (unpaired) electrons. The van der Waals surface area contributed by atoms with Crippen molar-refractivity contribution in [1.29, 1.82) is 0 Å². The van der Waals surface area contributed by atoms with E-state index in [9.17, 15) is 0 Å². The third-order valence-electron chi connectivity index (χ3n) is 5.17. The number of nitrogens with zero attached hydrogens (tertiary/aromatic N) is 2. The van der Waals surface area contributed by atoms with Crippen molar-refractivity contribution in [1.82, 2.24) is 14.5 Å². The predicted molar refractivity (Wildman–Crippen MR) is 129 cm³/mol. The van der Waals surface area contributed by atoms with Gasteiger partial charge in [0.05, 0.1) is 16.1 Å². The number of hydrogen-bond donors (Lipinski definition) is 3. The van der Waals surface area contributed by atoms with E-state index in [0.717, 1.165) is 33.1 Å². The summed E-state index contributed by atoms with van der Waals surface area (Å²) in [5, 5.41) is 19.8. The van der Waals surface area contributed by atoms with Gasteiger partial charge in [0.2, 0.25) is 0 Å². The highest BCUT2D eigenvalue weighted by atomic mass is 35.5. The molecule has 0 unspecified atom stereocenters. The van der Waals surface area contributed by atoms with E-state index >= 15 is 0 Å². The number of fused-ring (bicyclic) bond motifs is 2. The Balaban J connectivity index is 1.60. The zero-order chi connectivity index (χ0) is 22.8. The number of aromatic amines is 1. The van der Waals surface area contributed by atoms with Crippen LogP contribution >= 0.6 is 11.6 Å². The SMILES string of the molecule is C=C(/C=C\C(=C/C)Oc1nc2cc(-c3ccc4c(ccn4C)c3)c(Cl)cc2[nH]1)CC(O)O. The van der Waals surface area contributed by atoms with Gasteiger partial charge in [0, 0.05) is 36.1 Å². The predicted octanol–water partition coefficient (Wildman–Crippen LogP) is 5.47. The number of aliphatic hydroxyl groups excluding tert-OH is 1. The number of hydrogen-bond acceptors (Lipinski definition) is 4. The molecule has 0 atom stereocenters. The molecule has 0 spiro atoms. The molecule has 0 saturated carbocycles. The maximum atomic E-state index is 9.03. The van der Waals surface area contributed by atoms with Crippen molar-refractivity contribution < 1.29 is 14.9 Å². The molecule has 0 aliphatic carbocycles. The van der Waals surface area contributed by atoms with Crippen LogP contribution in [0.2, 0.25) is 5.02 Å². The van der Waals surface area contributed by atoms with Gasteiger partial charge in [-0.1, -0.05) is 35.9 Å². The Kier molecular flexibility index (Phi) is 6.19. The fraction of sp³-hybridized carbons (Fsp3) is 0.160. The van der Waals surface area contributed by atoms with Crippen LogP contribution in [-0.2, 0) is 7.05 Å². The first-order valence-electron chi connectivity index (χ1n) is 10.1. The van der Waals surface area contributed by atoms with Crippen LogP contribution in [0.15, 0.2) is 78.7 Å². The molecule has 2 heterocycles. The van der Waals surface area contributed by atoms with Gasteiger partial charge in [0.15, 0.2) is 6.29 Å². The summed E-state index contributed by atoms with van der Waals surface area (Å²) < 4.78 is 7.92. The Morgan fingerprint density at radius 3 is 2.81 bits per heavy atom. The number of aromatic nitrogens is 3. The van der Waals surface area contributed by atoms with Gasteiger partial charge in [-0.2, -0.15) is 4.98 Å². The van der Waals surface area contributed by atoms with Crippen LogP contribution in [0.4, 0.5) is 0 Å². The molecule has 6 nitrogen and oxygen atoms in total. The third-order valence-corrected chi connectivity index (χ3v) is 5.49. The molecule has 3 N–H and O–H groups in total. The van der Waals surface area contributed by atoms with Crippen LogP contribution in [0.25, 0.3) is 33.1 Å². The number of aryl methyl sites for hydroxylation is 1. The maximum absolute atomic E-state index is 9.03. The molecule has 4 rings (SSSR count). The van der Waals surface area contributed by atoms with Crippen LogP contribution in [0.5, 0.6) is 6.01 Å². The molecule has 0 aliphatic heterocycles. The molecule has 164 valence electrons. The second kappa shape index (κ2) is 9.04. The lowest BCUT2D eigenvalue weighted by Crippen LogP contribution is -2.03. The van der Waals surface area contributed by atoms with Crippen molar-refractivity contribution in [2.24, 2.45) is 7.05 Å². The molecular formula is C25H24ClN3O3. The summed E-state index contributed by atoms with van der Waals surface area (Å²) in [6, 6.07) is 12.4. The van der Waals surface area contributed by atoms with Crippen molar-refractivity contribution in [3.8, 4) is 17.1 Å². The molecule has 7 heteroatoms. The number of ether oxygens (including phenoxy) is 1. The number of benzene rings is 2. The topological polar surface area (TPSA) is 83.3 Å². The lowest BCUT2D eigenvalue weighted by Gasteiger charge is -2.06. The molecule has 0 bridgehead atoms. The Labute approximate surface area is 190 Å². The number of aliphatic hydroxyl groups is 2. The molecular weight excluding hydrogens is 426 g/mol. The standard InChI is InChI=1S/C25H24ClN3O3/c1-4-18(7-5-15(2)11-24(30)31)32-25-27-21-13-19(20(26)14-22(21)28-25)16-6-8-23-17(12-16)9-10-29(23)3/h4-10,12-14,24,30-31H,2,11H2,1,3H3,(H,27,28)/b7-5-,18-4+. The Morgan fingerprint density at radius 2 is 2.06 bits per heavy atom. The minimum Gasteiger partial charge on any atom is -0.426 e. The van der Waals surface area contributed by atoms with Gasteiger partial charge in [-0.05, 0) is 55.0 Å². The van der Waals surface area contributed by atoms with E-state index < -0.39 is 6.29 Å². The van der Waals surface area contributed by atoms with E-state index in [1.54, 1.807) is 18.2 Å². The Bertz CT molecular complexity index is 1360. The molecule has 2 aromatic heterocycles. The van der Waals surface area contributed by atoms with E-state index in [1.165, 1.54) is 0 Å².